The van der Waals surface area contributed by atoms with Crippen molar-refractivity contribution in [2.24, 2.45) is 0 Å². The fourth-order valence-electron chi connectivity index (χ4n) is 2.51. The van der Waals surface area contributed by atoms with E-state index in [4.69, 9.17) is 4.74 Å². The van der Waals surface area contributed by atoms with Gasteiger partial charge in [0.15, 0.2) is 0 Å². The molecule has 1 aromatic heterocycles. The number of anilines is 1. The number of hydrogen-bond acceptors (Lipinski definition) is 6. The second kappa shape index (κ2) is 8.79. The number of β-amino-alcohol motifs (C(OH)–C–C–N with tert-alkyl or cyclic N) is 1. The zero-order chi connectivity index (χ0) is 15.8. The average Bonchev–Trinajstić information content (AvgIpc) is 2.50. The number of methoxy groups -OCH3 is 1. The summed E-state index contributed by atoms with van der Waals surface area (Å²) in [4.78, 5) is 20.3. The van der Waals surface area contributed by atoms with Crippen molar-refractivity contribution in [3.63, 3.8) is 0 Å². The van der Waals surface area contributed by atoms with Crippen LogP contribution in [0.2, 0.25) is 0 Å². The van der Waals surface area contributed by atoms with Crippen LogP contribution in [-0.2, 0) is 9.53 Å². The minimum absolute atomic E-state index is 0.0270. The Hall–Kier alpha value is -1.54. The van der Waals surface area contributed by atoms with Crippen LogP contribution in [0, 0.1) is 0 Å². The van der Waals surface area contributed by atoms with Crippen molar-refractivity contribution in [1.82, 2.24) is 14.8 Å². The normalized spacial score (nSPS) is 18.1. The summed E-state index contributed by atoms with van der Waals surface area (Å²) in [6.07, 6.45) is 2.85. The number of piperazine rings is 1. The lowest BCUT2D eigenvalue weighted by atomic mass is 10.2. The summed E-state index contributed by atoms with van der Waals surface area (Å²) >= 11 is 0. The van der Waals surface area contributed by atoms with E-state index < -0.39 is 6.10 Å². The Kier molecular flexibility index (Phi) is 6.73. The Balaban J connectivity index is 1.67. The molecule has 1 fully saturated rings. The van der Waals surface area contributed by atoms with E-state index in [1.807, 2.05) is 6.07 Å². The topological polar surface area (TPSA) is 77.9 Å². The zero-order valence-electron chi connectivity index (χ0n) is 12.9. The van der Waals surface area contributed by atoms with E-state index in [1.54, 1.807) is 25.6 Å². The number of nitrogens with one attached hydrogen (secondary N) is 1. The van der Waals surface area contributed by atoms with Gasteiger partial charge in [-0.05, 0) is 12.1 Å². The van der Waals surface area contributed by atoms with Gasteiger partial charge in [-0.25, -0.2) is 0 Å². The molecule has 2 heterocycles. The van der Waals surface area contributed by atoms with Gasteiger partial charge in [-0.1, -0.05) is 0 Å². The van der Waals surface area contributed by atoms with Gasteiger partial charge in [0.1, 0.15) is 0 Å². The fraction of sp³-hybridized carbons (Fsp3) is 0.600. The molecule has 0 unspecified atom stereocenters. The molecule has 7 heteroatoms. The molecule has 1 saturated heterocycles. The SMILES string of the molecule is COC[C@H](O)CN1CCN(CC(=O)Nc2cccnc2)CC1. The van der Waals surface area contributed by atoms with Crippen molar-refractivity contribution in [1.29, 1.82) is 0 Å². The van der Waals surface area contributed by atoms with Crippen LogP contribution in [-0.4, -0.2) is 84.9 Å². The van der Waals surface area contributed by atoms with E-state index in [2.05, 4.69) is 20.1 Å². The van der Waals surface area contributed by atoms with Crippen molar-refractivity contribution >= 4 is 11.6 Å². The fourth-order valence-corrected chi connectivity index (χ4v) is 2.51. The molecule has 0 aromatic carbocycles. The summed E-state index contributed by atoms with van der Waals surface area (Å²) in [6.45, 7) is 4.68. The summed E-state index contributed by atoms with van der Waals surface area (Å²) in [5.41, 5.74) is 0.717. The molecule has 2 rings (SSSR count). The van der Waals surface area contributed by atoms with Crippen LogP contribution < -0.4 is 5.32 Å². The first kappa shape index (κ1) is 16.8. The largest absolute Gasteiger partial charge is 0.389 e. The van der Waals surface area contributed by atoms with Crippen LogP contribution >= 0.6 is 0 Å². The molecule has 22 heavy (non-hydrogen) atoms. The number of ether oxygens (including phenoxy) is 1. The van der Waals surface area contributed by atoms with Crippen LogP contribution in [0.3, 0.4) is 0 Å². The van der Waals surface area contributed by atoms with Crippen molar-refractivity contribution in [3.8, 4) is 0 Å². The number of nitrogens with zero attached hydrogens (tertiary/aromatic N) is 3. The third-order valence-electron chi connectivity index (χ3n) is 3.61. The van der Waals surface area contributed by atoms with E-state index in [1.165, 1.54) is 0 Å². The van der Waals surface area contributed by atoms with Crippen LogP contribution in [0.5, 0.6) is 0 Å². The molecule has 2 N–H and O–H groups in total. The molecule has 0 spiro atoms. The molecule has 0 saturated carbocycles. The van der Waals surface area contributed by atoms with E-state index in [-0.39, 0.29) is 5.91 Å². The minimum atomic E-state index is -0.453. The van der Waals surface area contributed by atoms with E-state index in [0.717, 1.165) is 26.2 Å². The number of hydrogen-bond donors (Lipinski definition) is 2. The van der Waals surface area contributed by atoms with Gasteiger partial charge in [-0.3, -0.25) is 19.6 Å². The Labute approximate surface area is 130 Å². The Morgan fingerprint density at radius 2 is 2.14 bits per heavy atom. The van der Waals surface area contributed by atoms with E-state index in [0.29, 0.717) is 25.4 Å². The minimum Gasteiger partial charge on any atom is -0.389 e. The molecule has 1 aliphatic rings. The molecule has 0 bridgehead atoms. The van der Waals surface area contributed by atoms with Crippen LogP contribution in [0.15, 0.2) is 24.5 Å². The van der Waals surface area contributed by atoms with Crippen molar-refractivity contribution in [2.75, 3.05) is 58.3 Å². The smallest absolute Gasteiger partial charge is 0.238 e. The number of pyridine rings is 1. The highest BCUT2D eigenvalue weighted by molar-refractivity contribution is 5.92. The number of amides is 1. The lowest BCUT2D eigenvalue weighted by Gasteiger charge is -2.35. The summed E-state index contributed by atoms with van der Waals surface area (Å²) < 4.78 is 4.93. The maximum absolute atomic E-state index is 12.0. The lowest BCUT2D eigenvalue weighted by molar-refractivity contribution is -0.117. The van der Waals surface area contributed by atoms with Gasteiger partial charge >= 0.3 is 0 Å². The van der Waals surface area contributed by atoms with Gasteiger partial charge < -0.3 is 15.2 Å². The number of aromatic nitrogens is 1. The lowest BCUT2D eigenvalue weighted by Crippen LogP contribution is -2.50. The molecule has 1 aromatic rings. The maximum Gasteiger partial charge on any atom is 0.238 e. The molecule has 1 amide bonds. The van der Waals surface area contributed by atoms with Crippen LogP contribution in [0.25, 0.3) is 0 Å². The molecular weight excluding hydrogens is 284 g/mol. The van der Waals surface area contributed by atoms with Crippen LogP contribution in [0.1, 0.15) is 0 Å². The molecule has 7 nitrogen and oxygen atoms in total. The Morgan fingerprint density at radius 1 is 1.41 bits per heavy atom. The van der Waals surface area contributed by atoms with Gasteiger partial charge in [0.25, 0.3) is 0 Å². The first-order chi connectivity index (χ1) is 10.7. The number of rotatable bonds is 7. The monoisotopic (exact) mass is 308 g/mol. The molecule has 1 aliphatic heterocycles. The molecule has 122 valence electrons. The van der Waals surface area contributed by atoms with Gasteiger partial charge in [-0.15, -0.1) is 0 Å². The van der Waals surface area contributed by atoms with Crippen molar-refractivity contribution < 1.29 is 14.6 Å². The first-order valence-corrected chi connectivity index (χ1v) is 7.49. The predicted octanol–water partition coefficient (Wildman–Crippen LogP) is -0.355. The summed E-state index contributed by atoms with van der Waals surface area (Å²) in [5.74, 6) is -0.0270. The van der Waals surface area contributed by atoms with Gasteiger partial charge in [0.2, 0.25) is 5.91 Å². The zero-order valence-corrected chi connectivity index (χ0v) is 12.9. The van der Waals surface area contributed by atoms with Crippen molar-refractivity contribution in [3.05, 3.63) is 24.5 Å². The highest BCUT2D eigenvalue weighted by Crippen LogP contribution is 2.05. The standard InChI is InChI=1S/C15H24N4O3/c1-22-12-14(20)10-18-5-7-19(8-6-18)11-15(21)17-13-3-2-4-16-9-13/h2-4,9,14,20H,5-8,10-12H2,1H3,(H,17,21)/t14-/m1/s1. The quantitative estimate of drug-likeness (QED) is 0.717. The van der Waals surface area contributed by atoms with Gasteiger partial charge in [0.05, 0.1) is 31.1 Å². The third kappa shape index (κ3) is 5.69. The molecular formula is C15H24N4O3. The summed E-state index contributed by atoms with van der Waals surface area (Å²) in [6, 6.07) is 3.61. The molecule has 0 aliphatic carbocycles. The third-order valence-corrected chi connectivity index (χ3v) is 3.61. The van der Waals surface area contributed by atoms with Gasteiger partial charge in [-0.2, -0.15) is 0 Å². The Morgan fingerprint density at radius 3 is 2.77 bits per heavy atom. The average molecular weight is 308 g/mol. The number of aliphatic hydroxyl groups is 1. The number of carbonyl (C=O) groups excluding carboxylic acids is 1. The second-order valence-electron chi connectivity index (χ2n) is 5.48. The molecule has 0 radical (unpaired) electrons. The van der Waals surface area contributed by atoms with E-state index >= 15 is 0 Å². The molecule has 1 atom stereocenters. The summed E-state index contributed by atoms with van der Waals surface area (Å²) in [7, 11) is 1.59. The Bertz CT molecular complexity index is 449. The predicted molar refractivity (Wildman–Crippen MR) is 83.6 cm³/mol. The summed E-state index contributed by atoms with van der Waals surface area (Å²) in [5, 5.41) is 12.6. The second-order valence-corrected chi connectivity index (χ2v) is 5.48. The van der Waals surface area contributed by atoms with Crippen LogP contribution in [0.4, 0.5) is 5.69 Å². The first-order valence-electron chi connectivity index (χ1n) is 7.49. The van der Waals surface area contributed by atoms with Crippen molar-refractivity contribution in [2.45, 2.75) is 6.10 Å². The van der Waals surface area contributed by atoms with E-state index in [9.17, 15) is 9.90 Å². The number of carbonyl (C=O) groups is 1. The highest BCUT2D eigenvalue weighted by atomic mass is 16.5. The maximum atomic E-state index is 12.0. The van der Waals surface area contributed by atoms with Gasteiger partial charge in [0, 0.05) is 46.0 Å². The highest BCUT2D eigenvalue weighted by Gasteiger charge is 2.20. The number of aliphatic hydroxyl groups excluding tert-OH is 1.